The third-order valence-corrected chi connectivity index (χ3v) is 3.64. The minimum absolute atomic E-state index is 0.228. The quantitative estimate of drug-likeness (QED) is 0.495. The molecule has 1 aromatic heterocycles. The summed E-state index contributed by atoms with van der Waals surface area (Å²) in [5.41, 5.74) is 1.62. The van der Waals surface area contributed by atoms with Crippen LogP contribution in [0.3, 0.4) is 0 Å². The second-order valence-electron chi connectivity index (χ2n) is 5.12. The highest BCUT2D eigenvalue weighted by molar-refractivity contribution is 6.31. The minimum Gasteiger partial charge on any atom is -0.506 e. The van der Waals surface area contributed by atoms with E-state index in [1.165, 1.54) is 36.5 Å². The van der Waals surface area contributed by atoms with Gasteiger partial charge in [0.05, 0.1) is 11.7 Å². The Kier molecular flexibility index (Phi) is 4.49. The molecular formula is C17H11ClFN3O3. The Morgan fingerprint density at radius 1 is 1.28 bits per heavy atom. The van der Waals surface area contributed by atoms with E-state index in [0.29, 0.717) is 16.1 Å². The van der Waals surface area contributed by atoms with Crippen LogP contribution >= 0.6 is 11.6 Å². The van der Waals surface area contributed by atoms with Crippen LogP contribution in [0, 0.1) is 5.82 Å². The van der Waals surface area contributed by atoms with Gasteiger partial charge in [-0.2, -0.15) is 5.10 Å². The van der Waals surface area contributed by atoms with Crippen molar-refractivity contribution in [1.29, 1.82) is 0 Å². The number of aromatic amines is 1. The molecule has 0 fully saturated rings. The molecule has 1 amide bonds. The predicted octanol–water partition coefficient (Wildman–Crippen LogP) is 2.79. The van der Waals surface area contributed by atoms with Gasteiger partial charge in [-0.1, -0.05) is 23.7 Å². The van der Waals surface area contributed by atoms with Gasteiger partial charge in [-0.25, -0.2) is 9.82 Å². The number of aromatic hydroxyl groups is 1. The number of carbonyl (C=O) groups excluding carboxylic acids is 1. The van der Waals surface area contributed by atoms with E-state index in [9.17, 15) is 19.1 Å². The summed E-state index contributed by atoms with van der Waals surface area (Å²) in [4.78, 5) is 26.7. The maximum absolute atomic E-state index is 13.1. The first-order valence-corrected chi connectivity index (χ1v) is 7.47. The van der Waals surface area contributed by atoms with Gasteiger partial charge in [-0.15, -0.1) is 0 Å². The number of carbonyl (C=O) groups is 1. The van der Waals surface area contributed by atoms with E-state index in [1.54, 1.807) is 12.1 Å². The number of hydrazone groups is 1. The van der Waals surface area contributed by atoms with Crippen molar-refractivity contribution >= 4 is 34.6 Å². The molecule has 0 saturated carbocycles. The third-order valence-electron chi connectivity index (χ3n) is 3.40. The molecule has 0 aliphatic carbocycles. The molecule has 0 atom stereocenters. The van der Waals surface area contributed by atoms with E-state index in [4.69, 9.17) is 11.6 Å². The molecule has 25 heavy (non-hydrogen) atoms. The number of aromatic nitrogens is 1. The first kappa shape index (κ1) is 16.7. The lowest BCUT2D eigenvalue weighted by molar-refractivity contribution is 0.0951. The van der Waals surface area contributed by atoms with Gasteiger partial charge in [0.15, 0.2) is 0 Å². The number of hydrogen-bond donors (Lipinski definition) is 3. The number of nitrogens with zero attached hydrogens (tertiary/aromatic N) is 1. The van der Waals surface area contributed by atoms with Gasteiger partial charge in [0, 0.05) is 10.4 Å². The van der Waals surface area contributed by atoms with Crippen molar-refractivity contribution in [2.24, 2.45) is 5.10 Å². The molecule has 0 aliphatic heterocycles. The van der Waals surface area contributed by atoms with Crippen molar-refractivity contribution in [2.45, 2.75) is 0 Å². The SMILES string of the molecule is O=C(N/N=C\c1cccc(F)c1)c1c(O)c2cc(Cl)ccc2[nH]c1=O. The smallest absolute Gasteiger partial charge is 0.280 e. The number of hydrogen-bond acceptors (Lipinski definition) is 4. The molecule has 0 saturated heterocycles. The number of H-pyrrole nitrogens is 1. The van der Waals surface area contributed by atoms with E-state index >= 15 is 0 Å². The highest BCUT2D eigenvalue weighted by atomic mass is 35.5. The van der Waals surface area contributed by atoms with Crippen LogP contribution in [0.5, 0.6) is 5.75 Å². The zero-order valence-electron chi connectivity index (χ0n) is 12.6. The Bertz CT molecular complexity index is 1060. The second-order valence-corrected chi connectivity index (χ2v) is 5.56. The molecule has 3 N–H and O–H groups in total. The Morgan fingerprint density at radius 3 is 2.84 bits per heavy atom. The number of amides is 1. The lowest BCUT2D eigenvalue weighted by Gasteiger charge is -2.06. The predicted molar refractivity (Wildman–Crippen MR) is 92.7 cm³/mol. The number of rotatable bonds is 3. The zero-order valence-corrected chi connectivity index (χ0v) is 13.3. The molecule has 3 rings (SSSR count). The van der Waals surface area contributed by atoms with Crippen LogP contribution in [0.2, 0.25) is 5.02 Å². The van der Waals surface area contributed by atoms with E-state index in [-0.39, 0.29) is 5.39 Å². The van der Waals surface area contributed by atoms with Gasteiger partial charge in [-0.05, 0) is 35.9 Å². The first-order chi connectivity index (χ1) is 12.0. The lowest BCUT2D eigenvalue weighted by atomic mass is 10.1. The van der Waals surface area contributed by atoms with Crippen LogP contribution in [0.4, 0.5) is 4.39 Å². The summed E-state index contributed by atoms with van der Waals surface area (Å²) in [6, 6.07) is 10.1. The largest absolute Gasteiger partial charge is 0.506 e. The summed E-state index contributed by atoms with van der Waals surface area (Å²) in [5.74, 6) is -1.86. The van der Waals surface area contributed by atoms with Crippen molar-refractivity contribution in [3.05, 3.63) is 74.8 Å². The number of nitrogens with one attached hydrogen (secondary N) is 2. The highest BCUT2D eigenvalue weighted by Gasteiger charge is 2.19. The fourth-order valence-corrected chi connectivity index (χ4v) is 2.44. The Balaban J connectivity index is 1.90. The average Bonchev–Trinajstić information content (AvgIpc) is 2.56. The molecule has 0 bridgehead atoms. The van der Waals surface area contributed by atoms with Gasteiger partial charge in [0.2, 0.25) is 0 Å². The maximum atomic E-state index is 13.1. The number of halogens is 2. The Morgan fingerprint density at radius 2 is 2.08 bits per heavy atom. The monoisotopic (exact) mass is 359 g/mol. The van der Waals surface area contributed by atoms with Crippen LogP contribution in [0.25, 0.3) is 10.9 Å². The van der Waals surface area contributed by atoms with Gasteiger partial charge < -0.3 is 10.1 Å². The minimum atomic E-state index is -0.909. The second kappa shape index (κ2) is 6.74. The molecule has 126 valence electrons. The van der Waals surface area contributed by atoms with Crippen LogP contribution in [-0.2, 0) is 0 Å². The van der Waals surface area contributed by atoms with Crippen molar-refractivity contribution in [2.75, 3.05) is 0 Å². The molecule has 8 heteroatoms. The van der Waals surface area contributed by atoms with E-state index in [0.717, 1.165) is 0 Å². The molecule has 2 aromatic carbocycles. The topological polar surface area (TPSA) is 94.5 Å². The Labute approximate surface area is 145 Å². The van der Waals surface area contributed by atoms with Gasteiger partial charge in [0.1, 0.15) is 17.1 Å². The van der Waals surface area contributed by atoms with Gasteiger partial charge in [-0.3, -0.25) is 9.59 Å². The summed E-state index contributed by atoms with van der Waals surface area (Å²) < 4.78 is 13.1. The summed E-state index contributed by atoms with van der Waals surface area (Å²) in [6.07, 6.45) is 1.21. The van der Waals surface area contributed by atoms with Crippen molar-refractivity contribution in [1.82, 2.24) is 10.4 Å². The van der Waals surface area contributed by atoms with Gasteiger partial charge >= 0.3 is 0 Å². The molecule has 0 unspecified atom stereocenters. The molecule has 6 nitrogen and oxygen atoms in total. The van der Waals surface area contributed by atoms with Crippen LogP contribution in [0.1, 0.15) is 15.9 Å². The van der Waals surface area contributed by atoms with Gasteiger partial charge in [0.25, 0.3) is 11.5 Å². The third kappa shape index (κ3) is 3.51. The molecule has 0 radical (unpaired) electrons. The highest BCUT2D eigenvalue weighted by Crippen LogP contribution is 2.27. The summed E-state index contributed by atoms with van der Waals surface area (Å²) in [5, 5.41) is 14.5. The fourth-order valence-electron chi connectivity index (χ4n) is 2.27. The summed E-state index contributed by atoms with van der Waals surface area (Å²) in [6.45, 7) is 0. The molecular weight excluding hydrogens is 349 g/mol. The Hall–Kier alpha value is -3.19. The van der Waals surface area contributed by atoms with Crippen molar-refractivity contribution in [3.63, 3.8) is 0 Å². The normalized spacial score (nSPS) is 11.1. The van der Waals surface area contributed by atoms with Crippen molar-refractivity contribution < 1.29 is 14.3 Å². The van der Waals surface area contributed by atoms with E-state index in [1.807, 2.05) is 0 Å². The van der Waals surface area contributed by atoms with E-state index in [2.05, 4.69) is 15.5 Å². The zero-order chi connectivity index (χ0) is 18.0. The summed E-state index contributed by atoms with van der Waals surface area (Å²) in [7, 11) is 0. The lowest BCUT2D eigenvalue weighted by Crippen LogP contribution is -2.26. The first-order valence-electron chi connectivity index (χ1n) is 7.09. The molecule has 3 aromatic rings. The van der Waals surface area contributed by atoms with Crippen LogP contribution in [-0.4, -0.2) is 22.2 Å². The molecule has 1 heterocycles. The van der Waals surface area contributed by atoms with Crippen molar-refractivity contribution in [3.8, 4) is 5.75 Å². The van der Waals surface area contributed by atoms with Crippen LogP contribution in [0.15, 0.2) is 52.4 Å². The number of benzene rings is 2. The molecule has 0 spiro atoms. The fraction of sp³-hybridized carbons (Fsp3) is 0. The maximum Gasteiger partial charge on any atom is 0.280 e. The average molecular weight is 360 g/mol. The number of fused-ring (bicyclic) bond motifs is 1. The molecule has 0 aliphatic rings. The summed E-state index contributed by atoms with van der Waals surface area (Å²) >= 11 is 5.87. The standard InChI is InChI=1S/C17H11ClFN3O3/c18-10-4-5-13-12(7-10)15(23)14(16(24)21-13)17(25)22-20-8-9-2-1-3-11(19)6-9/h1-8H,(H,22,25)(H2,21,23,24)/b20-8-. The van der Waals surface area contributed by atoms with E-state index < -0.39 is 28.6 Å². The van der Waals surface area contributed by atoms with Crippen LogP contribution < -0.4 is 11.0 Å². The number of pyridine rings is 1.